The predicted molar refractivity (Wildman–Crippen MR) is 70.2 cm³/mol. The lowest BCUT2D eigenvalue weighted by Gasteiger charge is -2.23. The summed E-state index contributed by atoms with van der Waals surface area (Å²) in [5, 5.41) is 15.2. The number of nitrogens with two attached hydrogens (primary N) is 1. The molecule has 1 heterocycles. The van der Waals surface area contributed by atoms with Gasteiger partial charge >= 0.3 is 5.69 Å². The average Bonchev–Trinajstić information content (AvgIpc) is 2.91. The summed E-state index contributed by atoms with van der Waals surface area (Å²) < 4.78 is 7.18. The summed E-state index contributed by atoms with van der Waals surface area (Å²) in [5.74, 6) is 0.224. The number of hydrogen-bond donors (Lipinski definition) is 1. The maximum Gasteiger partial charge on any atom is 0.353 e. The van der Waals surface area contributed by atoms with Gasteiger partial charge in [0.2, 0.25) is 0 Å². The Morgan fingerprint density at radius 1 is 1.53 bits per heavy atom. The van der Waals surface area contributed by atoms with Crippen molar-refractivity contribution in [2.45, 2.75) is 51.6 Å². The molecule has 1 aliphatic carbocycles. The minimum absolute atomic E-state index is 0.0524. The van der Waals surface area contributed by atoms with Gasteiger partial charge in [0.05, 0.1) is 10.5 Å². The predicted octanol–water partition coefficient (Wildman–Crippen LogP) is 1.77. The van der Waals surface area contributed by atoms with Crippen LogP contribution in [0.3, 0.4) is 0 Å². The molecule has 0 saturated heterocycles. The number of aromatic nitrogens is 2. The highest BCUT2D eigenvalue weighted by molar-refractivity contribution is 5.45. The van der Waals surface area contributed by atoms with Crippen molar-refractivity contribution in [3.05, 3.63) is 15.8 Å². The molecular formula is C12H20N4O3. The van der Waals surface area contributed by atoms with Crippen LogP contribution in [0.1, 0.15) is 38.3 Å². The summed E-state index contributed by atoms with van der Waals surface area (Å²) >= 11 is 0. The Bertz CT molecular complexity index is 478. The average molecular weight is 268 g/mol. The number of rotatable bonds is 5. The van der Waals surface area contributed by atoms with Gasteiger partial charge in [-0.25, -0.2) is 4.68 Å². The van der Waals surface area contributed by atoms with Gasteiger partial charge < -0.3 is 10.5 Å². The Hall–Kier alpha value is -1.63. The zero-order valence-electron chi connectivity index (χ0n) is 11.4. The minimum atomic E-state index is -0.443. The van der Waals surface area contributed by atoms with Gasteiger partial charge in [0, 0.05) is 6.54 Å². The third-order valence-corrected chi connectivity index (χ3v) is 3.63. The quantitative estimate of drug-likeness (QED) is 0.648. The van der Waals surface area contributed by atoms with Gasteiger partial charge in [-0.3, -0.25) is 10.1 Å². The van der Waals surface area contributed by atoms with Crippen LogP contribution in [-0.2, 0) is 6.54 Å². The second-order valence-electron chi connectivity index (χ2n) is 5.17. The zero-order chi connectivity index (χ0) is 14.0. The molecule has 0 aromatic carbocycles. The van der Waals surface area contributed by atoms with E-state index in [0.29, 0.717) is 18.8 Å². The first-order valence-electron chi connectivity index (χ1n) is 6.60. The molecule has 1 saturated carbocycles. The summed E-state index contributed by atoms with van der Waals surface area (Å²) in [6, 6.07) is 0. The van der Waals surface area contributed by atoms with Crippen molar-refractivity contribution in [2.75, 3.05) is 6.61 Å². The highest BCUT2D eigenvalue weighted by atomic mass is 16.6. The highest BCUT2D eigenvalue weighted by Crippen LogP contribution is 2.33. The van der Waals surface area contributed by atoms with Gasteiger partial charge in [-0.2, -0.15) is 5.10 Å². The molecule has 0 aliphatic heterocycles. The van der Waals surface area contributed by atoms with Gasteiger partial charge in [-0.15, -0.1) is 0 Å². The summed E-state index contributed by atoms with van der Waals surface area (Å²) in [4.78, 5) is 10.6. The first kappa shape index (κ1) is 13.8. The SMILES string of the molecule is CCn1nc(C)c([N+](=O)[O-])c1OCC1(N)CCCC1. The number of nitrogens with zero attached hydrogens (tertiary/aromatic N) is 3. The fraction of sp³-hybridized carbons (Fsp3) is 0.750. The van der Waals surface area contributed by atoms with E-state index in [4.69, 9.17) is 10.5 Å². The van der Waals surface area contributed by atoms with Gasteiger partial charge in [0.25, 0.3) is 5.88 Å². The van der Waals surface area contributed by atoms with E-state index in [0.717, 1.165) is 25.7 Å². The van der Waals surface area contributed by atoms with Crippen molar-refractivity contribution in [1.82, 2.24) is 9.78 Å². The lowest BCUT2D eigenvalue weighted by Crippen LogP contribution is -2.42. The maximum absolute atomic E-state index is 11.1. The second-order valence-corrected chi connectivity index (χ2v) is 5.17. The third-order valence-electron chi connectivity index (χ3n) is 3.63. The van der Waals surface area contributed by atoms with E-state index in [2.05, 4.69) is 5.10 Å². The van der Waals surface area contributed by atoms with E-state index in [1.165, 1.54) is 4.68 Å². The number of nitro groups is 1. The van der Waals surface area contributed by atoms with Gasteiger partial charge in [0.1, 0.15) is 12.3 Å². The van der Waals surface area contributed by atoms with Crippen LogP contribution >= 0.6 is 0 Å². The van der Waals surface area contributed by atoms with E-state index < -0.39 is 4.92 Å². The lowest BCUT2D eigenvalue weighted by molar-refractivity contribution is -0.386. The maximum atomic E-state index is 11.1. The molecule has 106 valence electrons. The zero-order valence-corrected chi connectivity index (χ0v) is 11.4. The highest BCUT2D eigenvalue weighted by Gasteiger charge is 2.33. The van der Waals surface area contributed by atoms with Crippen LogP contribution in [0.5, 0.6) is 5.88 Å². The van der Waals surface area contributed by atoms with Crippen molar-refractivity contribution in [3.63, 3.8) is 0 Å². The Balaban J connectivity index is 2.20. The van der Waals surface area contributed by atoms with Crippen LogP contribution in [-0.4, -0.2) is 26.8 Å². The normalized spacial score (nSPS) is 17.6. The minimum Gasteiger partial charge on any atom is -0.471 e. The molecule has 0 radical (unpaired) electrons. The summed E-state index contributed by atoms with van der Waals surface area (Å²) in [6.45, 7) is 4.32. The summed E-state index contributed by atoms with van der Waals surface area (Å²) in [6.07, 6.45) is 3.99. The van der Waals surface area contributed by atoms with Crippen molar-refractivity contribution >= 4 is 5.69 Å². The third kappa shape index (κ3) is 2.70. The fourth-order valence-corrected chi connectivity index (χ4v) is 2.55. The Kier molecular flexibility index (Phi) is 3.75. The largest absolute Gasteiger partial charge is 0.471 e. The fourth-order valence-electron chi connectivity index (χ4n) is 2.55. The molecule has 19 heavy (non-hydrogen) atoms. The van der Waals surface area contributed by atoms with E-state index >= 15 is 0 Å². The van der Waals surface area contributed by atoms with Crippen LogP contribution in [0.15, 0.2) is 0 Å². The molecule has 0 unspecified atom stereocenters. The molecule has 7 nitrogen and oxygen atoms in total. The second kappa shape index (κ2) is 5.16. The molecule has 1 aromatic rings. The summed E-state index contributed by atoms with van der Waals surface area (Å²) in [5.41, 5.74) is 6.17. The molecule has 1 fully saturated rings. The van der Waals surface area contributed by atoms with Crippen LogP contribution in [0, 0.1) is 17.0 Å². The van der Waals surface area contributed by atoms with Crippen molar-refractivity contribution in [2.24, 2.45) is 5.73 Å². The molecule has 0 bridgehead atoms. The molecule has 2 rings (SSSR count). The van der Waals surface area contributed by atoms with Crippen LogP contribution < -0.4 is 10.5 Å². The molecule has 0 spiro atoms. The van der Waals surface area contributed by atoms with Crippen LogP contribution in [0.25, 0.3) is 0 Å². The molecule has 1 aliphatic rings. The molecule has 2 N–H and O–H groups in total. The van der Waals surface area contributed by atoms with Crippen molar-refractivity contribution in [1.29, 1.82) is 0 Å². The number of ether oxygens (including phenoxy) is 1. The molecule has 0 amide bonds. The van der Waals surface area contributed by atoms with E-state index in [9.17, 15) is 10.1 Å². The number of aryl methyl sites for hydroxylation is 2. The molecular weight excluding hydrogens is 248 g/mol. The summed E-state index contributed by atoms with van der Waals surface area (Å²) in [7, 11) is 0. The first-order chi connectivity index (χ1) is 8.97. The molecule has 1 aromatic heterocycles. The van der Waals surface area contributed by atoms with Crippen molar-refractivity contribution in [3.8, 4) is 5.88 Å². The van der Waals surface area contributed by atoms with E-state index in [1.807, 2.05) is 6.92 Å². The number of hydrogen-bond acceptors (Lipinski definition) is 5. The smallest absolute Gasteiger partial charge is 0.353 e. The van der Waals surface area contributed by atoms with Crippen molar-refractivity contribution < 1.29 is 9.66 Å². The van der Waals surface area contributed by atoms with Crippen LogP contribution in [0.4, 0.5) is 5.69 Å². The Labute approximate surface area is 111 Å². The van der Waals surface area contributed by atoms with Gasteiger partial charge in [-0.05, 0) is 26.7 Å². The Morgan fingerprint density at radius 2 is 2.16 bits per heavy atom. The monoisotopic (exact) mass is 268 g/mol. The molecule has 7 heteroatoms. The molecule has 0 atom stereocenters. The topological polar surface area (TPSA) is 96.2 Å². The van der Waals surface area contributed by atoms with Gasteiger partial charge in [0.15, 0.2) is 0 Å². The Morgan fingerprint density at radius 3 is 2.68 bits per heavy atom. The van der Waals surface area contributed by atoms with Gasteiger partial charge in [-0.1, -0.05) is 12.8 Å². The van der Waals surface area contributed by atoms with Crippen LogP contribution in [0.2, 0.25) is 0 Å². The van der Waals surface area contributed by atoms with E-state index in [1.54, 1.807) is 6.92 Å². The lowest BCUT2D eigenvalue weighted by atomic mass is 10.0. The standard InChI is InChI=1S/C12H20N4O3/c1-3-15-11(10(16(17)18)9(2)14-15)19-8-12(13)6-4-5-7-12/h3-8,13H2,1-2H3. The first-order valence-corrected chi connectivity index (χ1v) is 6.60. The van der Waals surface area contributed by atoms with E-state index in [-0.39, 0.29) is 17.1 Å².